The lowest BCUT2D eigenvalue weighted by atomic mass is 10.0. The Morgan fingerprint density at radius 2 is 2.00 bits per heavy atom. The lowest BCUT2D eigenvalue weighted by Gasteiger charge is -2.42. The summed E-state index contributed by atoms with van der Waals surface area (Å²) in [6.45, 7) is 3.41. The average molecular weight is 329 g/mol. The minimum absolute atomic E-state index is 0.0310. The summed E-state index contributed by atoms with van der Waals surface area (Å²) in [4.78, 5) is 8.42. The summed E-state index contributed by atoms with van der Waals surface area (Å²) in [6, 6.07) is 4.20. The maximum absolute atomic E-state index is 12.8. The predicted octanol–water partition coefficient (Wildman–Crippen LogP) is 2.31. The zero-order valence-electron chi connectivity index (χ0n) is 13.0. The number of pyridine rings is 1. The number of rotatable bonds is 3. The summed E-state index contributed by atoms with van der Waals surface area (Å²) < 4.78 is 43.3. The van der Waals surface area contributed by atoms with Gasteiger partial charge in [-0.25, -0.2) is 0 Å². The van der Waals surface area contributed by atoms with Crippen LogP contribution in [-0.2, 0) is 11.3 Å². The monoisotopic (exact) mass is 329 g/mol. The van der Waals surface area contributed by atoms with Crippen LogP contribution in [0, 0.1) is 0 Å². The molecule has 2 aliphatic rings. The van der Waals surface area contributed by atoms with Gasteiger partial charge in [0.15, 0.2) is 6.10 Å². The number of piperidine rings is 1. The van der Waals surface area contributed by atoms with Crippen LogP contribution in [0.15, 0.2) is 24.5 Å². The Kier molecular flexibility index (Phi) is 5.18. The van der Waals surface area contributed by atoms with Gasteiger partial charge in [0, 0.05) is 38.1 Å². The molecule has 7 heteroatoms. The molecular weight excluding hydrogens is 307 g/mol. The minimum atomic E-state index is -4.26. The number of nitrogens with zero attached hydrogens (tertiary/aromatic N) is 3. The molecule has 0 amide bonds. The smallest absolute Gasteiger partial charge is 0.366 e. The van der Waals surface area contributed by atoms with Crippen LogP contribution in [0.1, 0.15) is 18.4 Å². The van der Waals surface area contributed by atoms with Gasteiger partial charge in [-0.3, -0.25) is 14.8 Å². The highest BCUT2D eigenvalue weighted by atomic mass is 19.4. The summed E-state index contributed by atoms with van der Waals surface area (Å²) in [5, 5.41) is 0. The van der Waals surface area contributed by atoms with Crippen LogP contribution >= 0.6 is 0 Å². The predicted molar refractivity (Wildman–Crippen MR) is 79.9 cm³/mol. The van der Waals surface area contributed by atoms with Crippen molar-refractivity contribution < 1.29 is 17.9 Å². The van der Waals surface area contributed by atoms with Crippen LogP contribution in [0.4, 0.5) is 13.2 Å². The van der Waals surface area contributed by atoms with E-state index >= 15 is 0 Å². The molecule has 0 bridgehead atoms. The standard InChI is InChI=1S/C16H22F3N3O/c17-16(18,19)15-12-22(8-9-23-15)14-3-6-21(7-4-14)11-13-2-1-5-20-10-13/h1-2,5,10,14-15H,3-4,6-9,11-12H2/t15-/m1/s1. The van der Waals surface area contributed by atoms with Crippen molar-refractivity contribution in [1.82, 2.24) is 14.8 Å². The van der Waals surface area contributed by atoms with Crippen LogP contribution in [0.2, 0.25) is 0 Å². The quantitative estimate of drug-likeness (QED) is 0.851. The van der Waals surface area contributed by atoms with Gasteiger partial charge in [0.05, 0.1) is 6.61 Å². The summed E-state index contributed by atoms with van der Waals surface area (Å²) in [7, 11) is 0. The molecule has 3 heterocycles. The molecule has 3 rings (SSSR count). The number of ether oxygens (including phenoxy) is 1. The summed E-state index contributed by atoms with van der Waals surface area (Å²) in [5.41, 5.74) is 1.18. The maximum Gasteiger partial charge on any atom is 0.415 e. The van der Waals surface area contributed by atoms with Crippen LogP contribution in [0.3, 0.4) is 0 Å². The van der Waals surface area contributed by atoms with E-state index in [9.17, 15) is 13.2 Å². The second kappa shape index (κ2) is 7.15. The second-order valence-corrected chi connectivity index (χ2v) is 6.26. The lowest BCUT2D eigenvalue weighted by molar-refractivity contribution is -0.240. The number of morpholine rings is 1. The Labute approximate surface area is 134 Å². The van der Waals surface area contributed by atoms with Crippen molar-refractivity contribution in [3.63, 3.8) is 0 Å². The number of halogens is 3. The normalized spacial score (nSPS) is 25.6. The van der Waals surface area contributed by atoms with Gasteiger partial charge in [0.1, 0.15) is 0 Å². The first kappa shape index (κ1) is 16.7. The molecule has 4 nitrogen and oxygen atoms in total. The van der Waals surface area contributed by atoms with Gasteiger partial charge in [0.2, 0.25) is 0 Å². The van der Waals surface area contributed by atoms with Crippen molar-refractivity contribution in [1.29, 1.82) is 0 Å². The van der Waals surface area contributed by atoms with E-state index in [-0.39, 0.29) is 19.2 Å². The molecule has 0 spiro atoms. The molecule has 128 valence electrons. The molecule has 0 saturated carbocycles. The van der Waals surface area contributed by atoms with E-state index in [1.807, 2.05) is 17.2 Å². The number of aromatic nitrogens is 1. The van der Waals surface area contributed by atoms with Crippen molar-refractivity contribution in [2.45, 2.75) is 37.7 Å². The fourth-order valence-corrected chi connectivity index (χ4v) is 3.39. The Hall–Kier alpha value is -1.18. The molecule has 23 heavy (non-hydrogen) atoms. The SMILES string of the molecule is FC(F)(F)[C@H]1CN(C2CCN(Cc3cccnc3)CC2)CCO1. The van der Waals surface area contributed by atoms with E-state index in [0.29, 0.717) is 6.54 Å². The number of likely N-dealkylation sites (tertiary alicyclic amines) is 1. The molecule has 1 atom stereocenters. The molecule has 1 aromatic heterocycles. The second-order valence-electron chi connectivity index (χ2n) is 6.26. The van der Waals surface area contributed by atoms with Gasteiger partial charge in [-0.1, -0.05) is 6.07 Å². The van der Waals surface area contributed by atoms with E-state index in [0.717, 1.165) is 32.5 Å². The molecule has 1 aromatic rings. The third kappa shape index (κ3) is 4.43. The number of hydrogen-bond donors (Lipinski definition) is 0. The van der Waals surface area contributed by atoms with Gasteiger partial charge >= 0.3 is 6.18 Å². The van der Waals surface area contributed by atoms with Crippen molar-refractivity contribution in [3.8, 4) is 0 Å². The Morgan fingerprint density at radius 3 is 2.65 bits per heavy atom. The lowest BCUT2D eigenvalue weighted by Crippen LogP contribution is -2.54. The van der Waals surface area contributed by atoms with Crippen molar-refractivity contribution >= 4 is 0 Å². The molecule has 2 saturated heterocycles. The van der Waals surface area contributed by atoms with Crippen molar-refractivity contribution in [2.24, 2.45) is 0 Å². The van der Waals surface area contributed by atoms with Crippen LogP contribution in [0.25, 0.3) is 0 Å². The first-order valence-corrected chi connectivity index (χ1v) is 8.06. The highest BCUT2D eigenvalue weighted by Gasteiger charge is 2.44. The average Bonchev–Trinajstić information content (AvgIpc) is 2.56. The third-order valence-corrected chi connectivity index (χ3v) is 4.67. The summed E-state index contributed by atoms with van der Waals surface area (Å²) >= 11 is 0. The molecule has 0 radical (unpaired) electrons. The minimum Gasteiger partial charge on any atom is -0.366 e. The first-order valence-electron chi connectivity index (χ1n) is 8.06. The Balaban J connectivity index is 1.49. The topological polar surface area (TPSA) is 28.6 Å². The van der Waals surface area contributed by atoms with Crippen LogP contribution < -0.4 is 0 Å². The molecule has 0 N–H and O–H groups in total. The Bertz CT molecular complexity index is 489. The van der Waals surface area contributed by atoms with Gasteiger partial charge in [-0.15, -0.1) is 0 Å². The van der Waals surface area contributed by atoms with E-state index < -0.39 is 12.3 Å². The number of hydrogen-bond acceptors (Lipinski definition) is 4. The van der Waals surface area contributed by atoms with Gasteiger partial charge in [-0.2, -0.15) is 13.2 Å². The Morgan fingerprint density at radius 1 is 1.22 bits per heavy atom. The van der Waals surface area contributed by atoms with E-state index in [2.05, 4.69) is 16.0 Å². The summed E-state index contributed by atoms with van der Waals surface area (Å²) in [5.74, 6) is 0. The fraction of sp³-hybridized carbons (Fsp3) is 0.688. The maximum atomic E-state index is 12.8. The fourth-order valence-electron chi connectivity index (χ4n) is 3.39. The highest BCUT2D eigenvalue weighted by molar-refractivity contribution is 5.08. The molecular formula is C16H22F3N3O. The van der Waals surface area contributed by atoms with Crippen molar-refractivity contribution in [3.05, 3.63) is 30.1 Å². The molecule has 0 aromatic carbocycles. The molecule has 0 unspecified atom stereocenters. The van der Waals surface area contributed by atoms with Gasteiger partial charge in [0.25, 0.3) is 0 Å². The molecule has 2 fully saturated rings. The van der Waals surface area contributed by atoms with Gasteiger partial charge < -0.3 is 4.74 Å². The summed E-state index contributed by atoms with van der Waals surface area (Å²) in [6.07, 6.45) is -0.465. The number of alkyl halides is 3. The zero-order chi connectivity index (χ0) is 16.3. The van der Waals surface area contributed by atoms with Crippen LogP contribution in [0.5, 0.6) is 0 Å². The van der Waals surface area contributed by atoms with E-state index in [1.165, 1.54) is 5.56 Å². The van der Waals surface area contributed by atoms with Crippen LogP contribution in [-0.4, -0.2) is 65.9 Å². The molecule has 0 aliphatic carbocycles. The van der Waals surface area contributed by atoms with E-state index in [4.69, 9.17) is 4.74 Å². The largest absolute Gasteiger partial charge is 0.415 e. The van der Waals surface area contributed by atoms with E-state index in [1.54, 1.807) is 6.20 Å². The molecule has 2 aliphatic heterocycles. The van der Waals surface area contributed by atoms with Crippen molar-refractivity contribution in [2.75, 3.05) is 32.8 Å². The third-order valence-electron chi connectivity index (χ3n) is 4.67. The highest BCUT2D eigenvalue weighted by Crippen LogP contribution is 2.28. The van der Waals surface area contributed by atoms with Gasteiger partial charge in [-0.05, 0) is 37.6 Å². The first-order chi connectivity index (χ1) is 11.0. The zero-order valence-corrected chi connectivity index (χ0v) is 13.0.